The van der Waals surface area contributed by atoms with Crippen LogP contribution in [-0.4, -0.2) is 38.8 Å². The maximum atomic E-state index is 14.4. The Hall–Kier alpha value is -2.91. The van der Waals surface area contributed by atoms with Crippen LogP contribution in [0.25, 0.3) is 28.2 Å². The maximum Gasteiger partial charge on any atom is 0.280 e. The second kappa shape index (κ2) is 8.91. The molecule has 0 unspecified atom stereocenters. The zero-order valence-corrected chi connectivity index (χ0v) is 19.7. The summed E-state index contributed by atoms with van der Waals surface area (Å²) in [4.78, 5) is 8.79. The van der Waals surface area contributed by atoms with Gasteiger partial charge in [-0.2, -0.15) is 5.10 Å². The van der Waals surface area contributed by atoms with Crippen molar-refractivity contribution in [2.75, 3.05) is 6.61 Å². The Labute approximate surface area is 186 Å². The summed E-state index contributed by atoms with van der Waals surface area (Å²) < 4.78 is 37.6. The van der Waals surface area contributed by atoms with Crippen LogP contribution < -0.4 is 0 Å². The first-order valence-corrected chi connectivity index (χ1v) is 14.3. The summed E-state index contributed by atoms with van der Waals surface area (Å²) in [7, 11) is -1.29. The van der Waals surface area contributed by atoms with Gasteiger partial charge in [0, 0.05) is 50.1 Å². The van der Waals surface area contributed by atoms with Crippen molar-refractivity contribution in [2.24, 2.45) is 0 Å². The zero-order valence-electron chi connectivity index (χ0n) is 18.7. The van der Waals surface area contributed by atoms with Crippen LogP contribution in [0.2, 0.25) is 25.7 Å². The van der Waals surface area contributed by atoms with Gasteiger partial charge >= 0.3 is 0 Å². The predicted molar refractivity (Wildman–Crippen MR) is 123 cm³/mol. The average Bonchev–Trinajstić information content (AvgIpc) is 3.34. The molecule has 0 aromatic carbocycles. The van der Waals surface area contributed by atoms with Gasteiger partial charge in [0.25, 0.3) is 6.43 Å². The van der Waals surface area contributed by atoms with Crippen LogP contribution in [0.15, 0.2) is 48.9 Å². The largest absolute Gasteiger partial charge is 0.360 e. The molecule has 0 aliphatic rings. The fourth-order valence-electron chi connectivity index (χ4n) is 3.53. The average molecular weight is 456 g/mol. The number of hydrogen-bond donors (Lipinski definition) is 0. The first kappa shape index (κ1) is 22.3. The molecular weight excluding hydrogens is 428 g/mol. The van der Waals surface area contributed by atoms with Crippen molar-refractivity contribution in [1.29, 1.82) is 0 Å². The fraction of sp³-hybridized carbons (Fsp3) is 0.348. The van der Waals surface area contributed by atoms with Gasteiger partial charge < -0.3 is 9.14 Å². The molecule has 0 spiro atoms. The molecule has 0 saturated heterocycles. The van der Waals surface area contributed by atoms with Gasteiger partial charge in [-0.3, -0.25) is 4.98 Å². The van der Waals surface area contributed by atoms with Crippen LogP contribution in [0.5, 0.6) is 0 Å². The molecule has 0 N–H and O–H groups in total. The van der Waals surface area contributed by atoms with E-state index < -0.39 is 14.5 Å². The lowest BCUT2D eigenvalue weighted by Gasteiger charge is -2.16. The molecule has 0 aliphatic heterocycles. The van der Waals surface area contributed by atoms with E-state index >= 15 is 0 Å². The SMILES string of the molecule is Cc1cccc(-c2nn(COCC[Si](C)(C)C)c(C(F)F)c2-c2ccc3nccn3c2)n1. The van der Waals surface area contributed by atoms with Crippen LogP contribution in [0.1, 0.15) is 17.8 Å². The van der Waals surface area contributed by atoms with E-state index in [-0.39, 0.29) is 12.4 Å². The minimum atomic E-state index is -2.73. The highest BCUT2D eigenvalue weighted by Gasteiger charge is 2.28. The van der Waals surface area contributed by atoms with E-state index in [0.717, 1.165) is 17.4 Å². The monoisotopic (exact) mass is 455 g/mol. The van der Waals surface area contributed by atoms with Crippen LogP contribution in [0.3, 0.4) is 0 Å². The van der Waals surface area contributed by atoms with E-state index in [0.29, 0.717) is 29.1 Å². The summed E-state index contributed by atoms with van der Waals surface area (Å²) in [6.07, 6.45) is 2.53. The lowest BCUT2D eigenvalue weighted by atomic mass is 10.0. The number of fused-ring (bicyclic) bond motifs is 1. The van der Waals surface area contributed by atoms with Gasteiger partial charge in [-0.25, -0.2) is 18.4 Å². The number of aryl methyl sites for hydroxylation is 1. The normalized spacial score (nSPS) is 12.2. The summed E-state index contributed by atoms with van der Waals surface area (Å²) in [5.41, 5.74) is 3.31. The highest BCUT2D eigenvalue weighted by molar-refractivity contribution is 6.76. The number of ether oxygens (including phenoxy) is 1. The van der Waals surface area contributed by atoms with Crippen LogP contribution in [0.4, 0.5) is 8.78 Å². The van der Waals surface area contributed by atoms with Crippen LogP contribution >= 0.6 is 0 Å². The molecule has 9 heteroatoms. The Morgan fingerprint density at radius 3 is 2.66 bits per heavy atom. The van der Waals surface area contributed by atoms with Gasteiger partial charge in [-0.05, 0) is 37.2 Å². The molecule has 0 saturated carbocycles. The molecule has 4 aromatic heterocycles. The van der Waals surface area contributed by atoms with Crippen molar-refractivity contribution in [3.63, 3.8) is 0 Å². The topological polar surface area (TPSA) is 57.2 Å². The summed E-state index contributed by atoms with van der Waals surface area (Å²) in [5.74, 6) is 0. The number of rotatable bonds is 8. The van der Waals surface area contributed by atoms with Gasteiger partial charge in [0.2, 0.25) is 0 Å². The maximum absolute atomic E-state index is 14.4. The van der Waals surface area contributed by atoms with E-state index in [1.54, 1.807) is 41.2 Å². The van der Waals surface area contributed by atoms with Crippen molar-refractivity contribution < 1.29 is 13.5 Å². The first-order valence-electron chi connectivity index (χ1n) is 10.6. The minimum Gasteiger partial charge on any atom is -0.360 e. The van der Waals surface area contributed by atoms with Gasteiger partial charge in [0.15, 0.2) is 0 Å². The number of nitrogens with zero attached hydrogens (tertiary/aromatic N) is 5. The van der Waals surface area contributed by atoms with Gasteiger partial charge in [-0.15, -0.1) is 0 Å². The van der Waals surface area contributed by atoms with E-state index in [1.807, 2.05) is 19.1 Å². The summed E-state index contributed by atoms with van der Waals surface area (Å²) in [6.45, 7) is 9.11. The van der Waals surface area contributed by atoms with Crippen molar-refractivity contribution in [3.05, 3.63) is 60.3 Å². The van der Waals surface area contributed by atoms with E-state index in [1.165, 1.54) is 4.68 Å². The van der Waals surface area contributed by atoms with E-state index in [4.69, 9.17) is 4.74 Å². The third-order valence-corrected chi connectivity index (χ3v) is 6.92. The third-order valence-electron chi connectivity index (χ3n) is 5.22. The van der Waals surface area contributed by atoms with Crippen molar-refractivity contribution in [3.8, 4) is 22.5 Å². The third kappa shape index (κ3) is 4.78. The molecule has 0 aliphatic carbocycles. The van der Waals surface area contributed by atoms with Crippen molar-refractivity contribution >= 4 is 13.7 Å². The molecule has 4 rings (SSSR count). The van der Waals surface area contributed by atoms with Gasteiger partial charge in [0.05, 0.1) is 5.69 Å². The number of alkyl halides is 2. The molecule has 6 nitrogen and oxygen atoms in total. The number of imidazole rings is 1. The van der Waals surface area contributed by atoms with Crippen LogP contribution in [0, 0.1) is 6.92 Å². The Bertz CT molecular complexity index is 1230. The van der Waals surface area contributed by atoms with E-state index in [9.17, 15) is 8.78 Å². The summed E-state index contributed by atoms with van der Waals surface area (Å²) >= 11 is 0. The molecule has 0 atom stereocenters. The molecular formula is C23H27F2N5OSi. The molecule has 4 aromatic rings. The highest BCUT2D eigenvalue weighted by atomic mass is 28.3. The lowest BCUT2D eigenvalue weighted by Crippen LogP contribution is -2.22. The van der Waals surface area contributed by atoms with Crippen LogP contribution in [-0.2, 0) is 11.5 Å². The standard InChI is InChI=1S/C23H27F2N5OSi/c1-16-6-5-7-18(27-16)21-20(17-8-9-19-26-10-11-29(19)14-17)22(23(24)25)30(28-21)15-31-12-13-32(2,3)4/h5-11,14,23H,12-13,15H2,1-4H3. The van der Waals surface area contributed by atoms with Crippen molar-refractivity contribution in [2.45, 2.75) is 45.8 Å². The molecule has 0 radical (unpaired) electrons. The number of aromatic nitrogens is 5. The zero-order chi connectivity index (χ0) is 22.9. The first-order chi connectivity index (χ1) is 15.2. The van der Waals surface area contributed by atoms with Crippen molar-refractivity contribution in [1.82, 2.24) is 24.1 Å². The smallest absolute Gasteiger partial charge is 0.280 e. The Kier molecular flexibility index (Phi) is 6.21. The van der Waals surface area contributed by atoms with E-state index in [2.05, 4.69) is 34.7 Å². The Morgan fingerprint density at radius 1 is 1.12 bits per heavy atom. The number of hydrogen-bond acceptors (Lipinski definition) is 4. The number of pyridine rings is 2. The molecule has 0 bridgehead atoms. The molecule has 0 fully saturated rings. The summed E-state index contributed by atoms with van der Waals surface area (Å²) in [5, 5.41) is 4.56. The molecule has 168 valence electrons. The number of halogens is 2. The Balaban J connectivity index is 1.82. The van der Waals surface area contributed by atoms with Gasteiger partial charge in [-0.1, -0.05) is 25.7 Å². The lowest BCUT2D eigenvalue weighted by molar-refractivity contribution is 0.0624. The molecule has 0 amide bonds. The highest BCUT2D eigenvalue weighted by Crippen LogP contribution is 2.38. The quantitative estimate of drug-likeness (QED) is 0.248. The fourth-order valence-corrected chi connectivity index (χ4v) is 4.29. The minimum absolute atomic E-state index is 0.0315. The second-order valence-corrected chi connectivity index (χ2v) is 14.7. The Morgan fingerprint density at radius 2 is 1.94 bits per heavy atom. The molecule has 4 heterocycles. The van der Waals surface area contributed by atoms with Gasteiger partial charge in [0.1, 0.15) is 23.8 Å². The summed E-state index contributed by atoms with van der Waals surface area (Å²) in [6, 6.07) is 10.1. The molecule has 32 heavy (non-hydrogen) atoms. The predicted octanol–water partition coefficient (Wildman–Crippen LogP) is 5.82. The second-order valence-electron chi connectivity index (χ2n) is 9.03.